The molecule has 0 atom stereocenters. The molecule has 0 fully saturated rings. The van der Waals surface area contributed by atoms with Crippen LogP contribution in [0.25, 0.3) is 0 Å². The number of sulfonamides is 1. The van der Waals surface area contributed by atoms with Crippen LogP contribution in [0.15, 0.2) is 48.5 Å². The van der Waals surface area contributed by atoms with Gasteiger partial charge in [-0.15, -0.1) is 0 Å². The molecule has 0 aromatic heterocycles. The van der Waals surface area contributed by atoms with Crippen LogP contribution in [0.3, 0.4) is 0 Å². The smallest absolute Gasteiger partial charge is 0.262 e. The van der Waals surface area contributed by atoms with Gasteiger partial charge in [-0.3, -0.25) is 9.10 Å². The third-order valence-corrected chi connectivity index (χ3v) is 4.79. The van der Waals surface area contributed by atoms with Gasteiger partial charge in [-0.1, -0.05) is 12.1 Å². The Morgan fingerprint density at radius 2 is 1.77 bits per heavy atom. The highest BCUT2D eigenvalue weighted by atomic mass is 32.2. The molecule has 2 rings (SSSR count). The number of amides is 1. The van der Waals surface area contributed by atoms with Gasteiger partial charge in [0.05, 0.1) is 24.4 Å². The first-order valence-electron chi connectivity index (χ1n) is 7.72. The summed E-state index contributed by atoms with van der Waals surface area (Å²) in [4.78, 5) is 11.9. The van der Waals surface area contributed by atoms with Crippen molar-refractivity contribution in [1.82, 2.24) is 0 Å². The third-order valence-electron chi connectivity index (χ3n) is 3.59. The number of carbonyl (C=O) groups excluding carboxylic acids is 1. The quantitative estimate of drug-likeness (QED) is 0.802. The van der Waals surface area contributed by atoms with Crippen molar-refractivity contribution in [3.8, 4) is 11.8 Å². The minimum absolute atomic E-state index is 0.179. The third kappa shape index (κ3) is 5.50. The molecule has 26 heavy (non-hydrogen) atoms. The number of carbonyl (C=O) groups is 1. The first-order valence-corrected chi connectivity index (χ1v) is 9.57. The highest BCUT2D eigenvalue weighted by Crippen LogP contribution is 2.20. The Morgan fingerprint density at radius 3 is 2.31 bits per heavy atom. The van der Waals surface area contributed by atoms with Gasteiger partial charge >= 0.3 is 0 Å². The van der Waals surface area contributed by atoms with E-state index >= 15 is 0 Å². The summed E-state index contributed by atoms with van der Waals surface area (Å²) < 4.78 is 29.5. The number of rotatable bonds is 7. The van der Waals surface area contributed by atoms with E-state index in [1.165, 1.54) is 7.05 Å². The van der Waals surface area contributed by atoms with Crippen LogP contribution >= 0.6 is 0 Å². The second kappa shape index (κ2) is 8.36. The summed E-state index contributed by atoms with van der Waals surface area (Å²) in [6, 6.07) is 15.4. The van der Waals surface area contributed by atoms with E-state index in [0.717, 1.165) is 16.1 Å². The molecule has 2 aromatic rings. The van der Waals surface area contributed by atoms with E-state index in [2.05, 4.69) is 11.4 Å². The summed E-state index contributed by atoms with van der Waals surface area (Å²) in [5.41, 5.74) is 1.99. The van der Waals surface area contributed by atoms with Gasteiger partial charge in [0.25, 0.3) is 5.91 Å². The molecule has 0 aliphatic rings. The highest BCUT2D eigenvalue weighted by molar-refractivity contribution is 7.92. The van der Waals surface area contributed by atoms with E-state index in [4.69, 9.17) is 10.00 Å². The first-order chi connectivity index (χ1) is 12.3. The summed E-state index contributed by atoms with van der Waals surface area (Å²) in [5, 5.41) is 11.3. The molecule has 0 aliphatic heterocycles. The Bertz CT molecular complexity index is 901. The van der Waals surface area contributed by atoms with Crippen LogP contribution in [0.5, 0.6) is 5.75 Å². The average Bonchev–Trinajstić information content (AvgIpc) is 2.61. The Morgan fingerprint density at radius 1 is 1.15 bits per heavy atom. The lowest BCUT2D eigenvalue weighted by Crippen LogP contribution is -2.24. The van der Waals surface area contributed by atoms with E-state index in [0.29, 0.717) is 23.5 Å². The van der Waals surface area contributed by atoms with Gasteiger partial charge in [-0.25, -0.2) is 8.42 Å². The fourth-order valence-corrected chi connectivity index (χ4v) is 2.59. The molecular weight excluding hydrogens is 354 g/mol. The molecule has 0 saturated carbocycles. The number of nitriles is 1. The predicted molar refractivity (Wildman–Crippen MR) is 99.6 cm³/mol. The molecule has 0 spiro atoms. The van der Waals surface area contributed by atoms with E-state index < -0.39 is 10.0 Å². The molecule has 0 unspecified atom stereocenters. The maximum absolute atomic E-state index is 11.9. The number of nitrogens with one attached hydrogen (secondary N) is 1. The lowest BCUT2D eigenvalue weighted by atomic mass is 10.1. The zero-order valence-corrected chi connectivity index (χ0v) is 15.3. The number of hydrogen-bond donors (Lipinski definition) is 1. The number of anilines is 2. The van der Waals surface area contributed by atoms with Crippen molar-refractivity contribution >= 4 is 27.3 Å². The van der Waals surface area contributed by atoms with Gasteiger partial charge < -0.3 is 10.1 Å². The van der Waals surface area contributed by atoms with Crippen LogP contribution in [-0.2, 0) is 21.2 Å². The topological polar surface area (TPSA) is 99.5 Å². The minimum atomic E-state index is -3.33. The summed E-state index contributed by atoms with van der Waals surface area (Å²) >= 11 is 0. The van der Waals surface area contributed by atoms with Gasteiger partial charge in [0.15, 0.2) is 6.61 Å². The fraction of sp³-hybridized carbons (Fsp3) is 0.222. The second-order valence-corrected chi connectivity index (χ2v) is 7.61. The Labute approximate surface area is 152 Å². The van der Waals surface area contributed by atoms with Crippen LogP contribution in [0.2, 0.25) is 0 Å². The number of benzene rings is 2. The molecule has 2 aromatic carbocycles. The molecule has 0 bridgehead atoms. The van der Waals surface area contributed by atoms with Gasteiger partial charge in [0.1, 0.15) is 5.75 Å². The maximum Gasteiger partial charge on any atom is 0.262 e. The minimum Gasteiger partial charge on any atom is -0.484 e. The van der Waals surface area contributed by atoms with Gasteiger partial charge in [-0.05, 0) is 42.0 Å². The van der Waals surface area contributed by atoms with Crippen LogP contribution in [-0.4, -0.2) is 34.2 Å². The molecule has 1 N–H and O–H groups in total. The van der Waals surface area contributed by atoms with Crippen molar-refractivity contribution in [3.63, 3.8) is 0 Å². The monoisotopic (exact) mass is 373 g/mol. The predicted octanol–water partition coefficient (Wildman–Crippen LogP) is 2.17. The normalized spacial score (nSPS) is 10.7. The SMILES string of the molecule is CN(c1ccc(OCC(=O)Nc2ccc(CC#N)cc2)cc1)S(C)(=O)=O. The molecule has 0 radical (unpaired) electrons. The molecule has 0 saturated heterocycles. The first kappa shape index (κ1) is 19.3. The molecule has 0 heterocycles. The molecule has 1 amide bonds. The van der Waals surface area contributed by atoms with E-state index in [1.807, 2.05) is 0 Å². The zero-order chi connectivity index (χ0) is 19.2. The number of hydrogen-bond acceptors (Lipinski definition) is 5. The summed E-state index contributed by atoms with van der Waals surface area (Å²) in [6.07, 6.45) is 1.44. The largest absolute Gasteiger partial charge is 0.484 e. The summed E-state index contributed by atoms with van der Waals surface area (Å²) in [7, 11) is -1.87. The van der Waals surface area contributed by atoms with Crippen molar-refractivity contribution in [2.24, 2.45) is 0 Å². The molecule has 8 heteroatoms. The number of ether oxygens (including phenoxy) is 1. The molecular formula is C18H19N3O4S. The zero-order valence-electron chi connectivity index (χ0n) is 14.5. The van der Waals surface area contributed by atoms with Crippen molar-refractivity contribution in [2.45, 2.75) is 6.42 Å². The van der Waals surface area contributed by atoms with Crippen LogP contribution in [0.4, 0.5) is 11.4 Å². The Kier molecular flexibility index (Phi) is 6.20. The molecule has 7 nitrogen and oxygen atoms in total. The second-order valence-electron chi connectivity index (χ2n) is 5.59. The average molecular weight is 373 g/mol. The van der Waals surface area contributed by atoms with Crippen LogP contribution in [0, 0.1) is 11.3 Å². The highest BCUT2D eigenvalue weighted by Gasteiger charge is 2.11. The fourth-order valence-electron chi connectivity index (χ4n) is 2.09. The van der Waals surface area contributed by atoms with E-state index in [-0.39, 0.29) is 12.5 Å². The lowest BCUT2D eigenvalue weighted by Gasteiger charge is -2.16. The maximum atomic E-state index is 11.9. The molecule has 136 valence electrons. The van der Waals surface area contributed by atoms with Gasteiger partial charge in [-0.2, -0.15) is 5.26 Å². The Hall–Kier alpha value is -3.05. The van der Waals surface area contributed by atoms with Crippen molar-refractivity contribution in [2.75, 3.05) is 29.5 Å². The van der Waals surface area contributed by atoms with E-state index in [1.54, 1.807) is 48.5 Å². The lowest BCUT2D eigenvalue weighted by molar-refractivity contribution is -0.118. The van der Waals surface area contributed by atoms with Crippen molar-refractivity contribution in [3.05, 3.63) is 54.1 Å². The van der Waals surface area contributed by atoms with Gasteiger partial charge in [0.2, 0.25) is 10.0 Å². The standard InChI is InChI=1S/C18H19N3O4S/c1-21(26(2,23)24)16-7-9-17(10-8-16)25-13-18(22)20-15-5-3-14(4-6-15)11-12-19/h3-10H,11,13H2,1-2H3,(H,20,22). The van der Waals surface area contributed by atoms with E-state index in [9.17, 15) is 13.2 Å². The summed E-state index contributed by atoms with van der Waals surface area (Å²) in [6.45, 7) is -0.179. The van der Waals surface area contributed by atoms with Crippen molar-refractivity contribution < 1.29 is 17.9 Å². The van der Waals surface area contributed by atoms with Crippen LogP contribution < -0.4 is 14.4 Å². The Balaban J connectivity index is 1.88. The van der Waals surface area contributed by atoms with Crippen LogP contribution in [0.1, 0.15) is 5.56 Å². The summed E-state index contributed by atoms with van der Waals surface area (Å²) in [5.74, 6) is 0.130. The van der Waals surface area contributed by atoms with Crippen molar-refractivity contribution in [1.29, 1.82) is 5.26 Å². The van der Waals surface area contributed by atoms with Gasteiger partial charge in [0, 0.05) is 12.7 Å². The molecule has 0 aliphatic carbocycles. The number of nitrogens with zero attached hydrogens (tertiary/aromatic N) is 2.